The SMILES string of the molecule is Cc1c(Cl)cccc1NC(=O)CN1CCN(CC2CCCO2)CC1. The van der Waals surface area contributed by atoms with Crippen LogP contribution in [0.3, 0.4) is 0 Å². The average molecular weight is 352 g/mol. The highest BCUT2D eigenvalue weighted by atomic mass is 35.5. The molecule has 1 aromatic carbocycles. The highest BCUT2D eigenvalue weighted by molar-refractivity contribution is 6.31. The van der Waals surface area contributed by atoms with E-state index in [0.717, 1.165) is 50.6 Å². The Labute approximate surface area is 148 Å². The second-order valence-electron chi connectivity index (χ2n) is 6.67. The van der Waals surface area contributed by atoms with Gasteiger partial charge in [0, 0.05) is 50.0 Å². The van der Waals surface area contributed by atoms with Crippen molar-refractivity contribution in [2.75, 3.05) is 51.2 Å². The number of nitrogens with zero attached hydrogens (tertiary/aromatic N) is 2. The van der Waals surface area contributed by atoms with Crippen LogP contribution in [0.15, 0.2) is 18.2 Å². The fourth-order valence-electron chi connectivity index (χ4n) is 3.34. The normalized spacial score (nSPS) is 22.7. The standard InChI is InChI=1S/C18H26ClN3O2/c1-14-16(19)5-2-6-17(14)20-18(23)13-22-9-7-21(8-10-22)12-15-4-3-11-24-15/h2,5-6,15H,3-4,7-13H2,1H3,(H,20,23). The van der Waals surface area contributed by atoms with E-state index in [1.54, 1.807) is 0 Å². The Kier molecular flexibility index (Phi) is 6.11. The molecule has 0 bridgehead atoms. The van der Waals surface area contributed by atoms with E-state index >= 15 is 0 Å². The summed E-state index contributed by atoms with van der Waals surface area (Å²) in [6.07, 6.45) is 2.78. The van der Waals surface area contributed by atoms with Gasteiger partial charge < -0.3 is 10.1 Å². The number of piperazine rings is 1. The monoisotopic (exact) mass is 351 g/mol. The van der Waals surface area contributed by atoms with Gasteiger partial charge in [-0.3, -0.25) is 14.6 Å². The molecule has 0 saturated carbocycles. The van der Waals surface area contributed by atoms with E-state index < -0.39 is 0 Å². The highest BCUT2D eigenvalue weighted by Crippen LogP contribution is 2.22. The minimum atomic E-state index is 0.0212. The number of carbonyl (C=O) groups is 1. The molecule has 1 aromatic rings. The van der Waals surface area contributed by atoms with Crippen LogP contribution in [-0.2, 0) is 9.53 Å². The Hall–Kier alpha value is -1.14. The molecule has 2 fully saturated rings. The third-order valence-electron chi connectivity index (χ3n) is 4.86. The second-order valence-corrected chi connectivity index (χ2v) is 7.08. The van der Waals surface area contributed by atoms with Gasteiger partial charge in [-0.1, -0.05) is 17.7 Å². The number of rotatable bonds is 5. The van der Waals surface area contributed by atoms with Gasteiger partial charge in [0.25, 0.3) is 0 Å². The Morgan fingerprint density at radius 2 is 2.04 bits per heavy atom. The number of carbonyl (C=O) groups excluding carboxylic acids is 1. The van der Waals surface area contributed by atoms with Crippen LogP contribution in [0.2, 0.25) is 5.02 Å². The minimum Gasteiger partial charge on any atom is -0.377 e. The number of benzene rings is 1. The summed E-state index contributed by atoms with van der Waals surface area (Å²) < 4.78 is 5.70. The Balaban J connectivity index is 1.42. The first-order valence-electron chi connectivity index (χ1n) is 8.73. The van der Waals surface area contributed by atoms with Crippen molar-refractivity contribution >= 4 is 23.2 Å². The summed E-state index contributed by atoms with van der Waals surface area (Å²) >= 11 is 6.10. The third kappa shape index (κ3) is 4.70. The fraction of sp³-hybridized carbons (Fsp3) is 0.611. The van der Waals surface area contributed by atoms with Crippen molar-refractivity contribution in [3.05, 3.63) is 28.8 Å². The van der Waals surface area contributed by atoms with Gasteiger partial charge in [-0.05, 0) is 37.5 Å². The minimum absolute atomic E-state index is 0.0212. The van der Waals surface area contributed by atoms with E-state index in [1.807, 2.05) is 25.1 Å². The van der Waals surface area contributed by atoms with Crippen LogP contribution in [0.4, 0.5) is 5.69 Å². The molecule has 2 aliphatic heterocycles. The number of hydrogen-bond acceptors (Lipinski definition) is 4. The van der Waals surface area contributed by atoms with Crippen LogP contribution in [0.1, 0.15) is 18.4 Å². The third-order valence-corrected chi connectivity index (χ3v) is 5.27. The summed E-state index contributed by atoms with van der Waals surface area (Å²) in [4.78, 5) is 16.9. The molecular formula is C18H26ClN3O2. The number of hydrogen-bond donors (Lipinski definition) is 1. The van der Waals surface area contributed by atoms with Crippen LogP contribution < -0.4 is 5.32 Å². The molecule has 2 aliphatic rings. The van der Waals surface area contributed by atoms with Crippen LogP contribution in [0.25, 0.3) is 0 Å². The molecule has 1 amide bonds. The van der Waals surface area contributed by atoms with Crippen molar-refractivity contribution in [1.82, 2.24) is 9.80 Å². The molecule has 2 heterocycles. The number of nitrogens with one attached hydrogen (secondary N) is 1. The first kappa shape index (κ1) is 17.7. The summed E-state index contributed by atoms with van der Waals surface area (Å²) in [5.74, 6) is 0.0212. The second kappa shape index (κ2) is 8.30. The quantitative estimate of drug-likeness (QED) is 0.884. The van der Waals surface area contributed by atoms with E-state index in [9.17, 15) is 4.79 Å². The van der Waals surface area contributed by atoms with Gasteiger partial charge in [0.15, 0.2) is 0 Å². The Bertz CT molecular complexity index is 567. The zero-order valence-corrected chi connectivity index (χ0v) is 15.0. The molecule has 1 unspecified atom stereocenters. The zero-order chi connectivity index (χ0) is 16.9. The maximum Gasteiger partial charge on any atom is 0.238 e. The van der Waals surface area contributed by atoms with Gasteiger partial charge in [0.1, 0.15) is 0 Å². The summed E-state index contributed by atoms with van der Waals surface area (Å²) in [5, 5.41) is 3.65. The van der Waals surface area contributed by atoms with Crippen LogP contribution >= 0.6 is 11.6 Å². The molecule has 5 nitrogen and oxygen atoms in total. The largest absolute Gasteiger partial charge is 0.377 e. The van der Waals surface area contributed by atoms with Gasteiger partial charge in [0.05, 0.1) is 12.6 Å². The Morgan fingerprint density at radius 1 is 1.29 bits per heavy atom. The molecule has 0 aliphatic carbocycles. The zero-order valence-electron chi connectivity index (χ0n) is 14.3. The van der Waals surface area contributed by atoms with Gasteiger partial charge in [-0.25, -0.2) is 0 Å². The van der Waals surface area contributed by atoms with Crippen molar-refractivity contribution in [2.24, 2.45) is 0 Å². The molecule has 3 rings (SSSR count). The van der Waals surface area contributed by atoms with Crippen molar-refractivity contribution in [1.29, 1.82) is 0 Å². The predicted molar refractivity (Wildman–Crippen MR) is 96.7 cm³/mol. The molecule has 2 saturated heterocycles. The molecule has 0 aromatic heterocycles. The fourth-order valence-corrected chi connectivity index (χ4v) is 3.52. The topological polar surface area (TPSA) is 44.8 Å². The molecule has 24 heavy (non-hydrogen) atoms. The van der Waals surface area contributed by atoms with E-state index in [-0.39, 0.29) is 5.91 Å². The van der Waals surface area contributed by atoms with Gasteiger partial charge in [-0.15, -0.1) is 0 Å². The molecular weight excluding hydrogens is 326 g/mol. The van der Waals surface area contributed by atoms with Crippen molar-refractivity contribution in [3.8, 4) is 0 Å². The lowest BCUT2D eigenvalue weighted by molar-refractivity contribution is -0.117. The van der Waals surface area contributed by atoms with Gasteiger partial charge >= 0.3 is 0 Å². The van der Waals surface area contributed by atoms with Gasteiger partial charge in [0.2, 0.25) is 5.91 Å². The van der Waals surface area contributed by atoms with E-state index in [0.29, 0.717) is 17.7 Å². The van der Waals surface area contributed by atoms with Gasteiger partial charge in [-0.2, -0.15) is 0 Å². The molecule has 132 valence electrons. The van der Waals surface area contributed by atoms with E-state index in [4.69, 9.17) is 16.3 Å². The first-order valence-corrected chi connectivity index (χ1v) is 9.11. The molecule has 0 spiro atoms. The molecule has 6 heteroatoms. The summed E-state index contributed by atoms with van der Waals surface area (Å²) in [7, 11) is 0. The Morgan fingerprint density at radius 3 is 2.75 bits per heavy atom. The van der Waals surface area contributed by atoms with Crippen molar-refractivity contribution < 1.29 is 9.53 Å². The maximum absolute atomic E-state index is 12.3. The van der Waals surface area contributed by atoms with Crippen LogP contribution in [-0.4, -0.2) is 67.7 Å². The van der Waals surface area contributed by atoms with E-state index in [1.165, 1.54) is 12.8 Å². The number of halogens is 1. The predicted octanol–water partition coefficient (Wildman–Crippen LogP) is 2.38. The highest BCUT2D eigenvalue weighted by Gasteiger charge is 2.23. The van der Waals surface area contributed by atoms with Crippen LogP contribution in [0, 0.1) is 6.92 Å². The lowest BCUT2D eigenvalue weighted by Gasteiger charge is -2.35. The number of amides is 1. The lowest BCUT2D eigenvalue weighted by Crippen LogP contribution is -2.50. The lowest BCUT2D eigenvalue weighted by atomic mass is 10.2. The average Bonchev–Trinajstić information content (AvgIpc) is 3.07. The number of anilines is 1. The maximum atomic E-state index is 12.3. The summed E-state index contributed by atoms with van der Waals surface area (Å²) in [6, 6.07) is 5.58. The summed E-state index contributed by atoms with van der Waals surface area (Å²) in [5.41, 5.74) is 1.71. The van der Waals surface area contributed by atoms with Crippen molar-refractivity contribution in [3.63, 3.8) is 0 Å². The van der Waals surface area contributed by atoms with Crippen LogP contribution in [0.5, 0.6) is 0 Å². The van der Waals surface area contributed by atoms with E-state index in [2.05, 4.69) is 15.1 Å². The molecule has 0 radical (unpaired) electrons. The smallest absolute Gasteiger partial charge is 0.238 e. The van der Waals surface area contributed by atoms with Crippen molar-refractivity contribution in [2.45, 2.75) is 25.9 Å². The molecule has 1 atom stereocenters. The number of ether oxygens (including phenoxy) is 1. The molecule has 1 N–H and O–H groups in total. The first-order chi connectivity index (χ1) is 11.6. The summed E-state index contributed by atoms with van der Waals surface area (Å²) in [6.45, 7) is 8.15.